The summed E-state index contributed by atoms with van der Waals surface area (Å²) in [6, 6.07) is 6.15. The van der Waals surface area contributed by atoms with Crippen LogP contribution in [0.25, 0.3) is 0 Å². The van der Waals surface area contributed by atoms with Gasteiger partial charge in [-0.15, -0.1) is 0 Å². The first-order valence-corrected chi connectivity index (χ1v) is 7.95. The second-order valence-corrected chi connectivity index (χ2v) is 5.88. The number of aromatic nitrogens is 2. The van der Waals surface area contributed by atoms with E-state index in [1.807, 2.05) is 26.0 Å². The molecule has 2 N–H and O–H groups in total. The highest BCUT2D eigenvalue weighted by atomic mass is 16.1. The maximum atomic E-state index is 12.2. The van der Waals surface area contributed by atoms with Gasteiger partial charge in [0.25, 0.3) is 5.56 Å². The number of hydrogen-bond donors (Lipinski definition) is 2. The van der Waals surface area contributed by atoms with Crippen molar-refractivity contribution in [1.82, 2.24) is 9.97 Å². The van der Waals surface area contributed by atoms with Crippen LogP contribution in [0.3, 0.4) is 0 Å². The Labute approximate surface area is 132 Å². The van der Waals surface area contributed by atoms with Gasteiger partial charge in [-0.05, 0) is 45.2 Å². The third kappa shape index (κ3) is 3.97. The summed E-state index contributed by atoms with van der Waals surface area (Å²) < 4.78 is 0. The molecule has 0 atom stereocenters. The number of benzene rings is 1. The topological polar surface area (TPSA) is 57.8 Å². The van der Waals surface area contributed by atoms with Gasteiger partial charge in [0.2, 0.25) is 5.95 Å². The molecule has 0 radical (unpaired) electrons. The van der Waals surface area contributed by atoms with Crippen LogP contribution in [0.4, 0.5) is 11.6 Å². The number of aryl methyl sites for hydroxylation is 3. The summed E-state index contributed by atoms with van der Waals surface area (Å²) in [7, 11) is 0. The second-order valence-electron chi connectivity index (χ2n) is 5.88. The number of anilines is 2. The maximum absolute atomic E-state index is 12.2. The Bertz CT molecular complexity index is 704. The van der Waals surface area contributed by atoms with Crippen molar-refractivity contribution >= 4 is 11.6 Å². The summed E-state index contributed by atoms with van der Waals surface area (Å²) in [6.07, 6.45) is 4.12. The molecular weight excluding hydrogens is 274 g/mol. The van der Waals surface area contributed by atoms with Crippen LogP contribution in [0.15, 0.2) is 23.0 Å². The summed E-state index contributed by atoms with van der Waals surface area (Å²) in [5.74, 6) is 0.508. The van der Waals surface area contributed by atoms with E-state index in [0.29, 0.717) is 5.95 Å². The summed E-state index contributed by atoms with van der Waals surface area (Å²) in [5.41, 5.74) is 4.90. The summed E-state index contributed by atoms with van der Waals surface area (Å²) in [6.45, 7) is 8.17. The number of rotatable bonds is 6. The molecule has 1 aromatic heterocycles. The van der Waals surface area contributed by atoms with Crippen LogP contribution in [0, 0.1) is 20.8 Å². The lowest BCUT2D eigenvalue weighted by Crippen LogP contribution is -2.18. The summed E-state index contributed by atoms with van der Waals surface area (Å²) >= 11 is 0. The maximum Gasteiger partial charge on any atom is 0.255 e. The average Bonchev–Trinajstić information content (AvgIpc) is 2.45. The fourth-order valence-corrected chi connectivity index (χ4v) is 2.60. The van der Waals surface area contributed by atoms with E-state index in [-0.39, 0.29) is 5.56 Å². The van der Waals surface area contributed by atoms with Crippen LogP contribution in [-0.2, 0) is 6.42 Å². The lowest BCUT2D eigenvalue weighted by Gasteiger charge is -2.11. The zero-order chi connectivity index (χ0) is 16.1. The number of nitrogens with zero attached hydrogens (tertiary/aromatic N) is 1. The molecule has 0 amide bonds. The molecule has 0 aliphatic rings. The Hall–Kier alpha value is -2.10. The molecule has 0 saturated heterocycles. The first kappa shape index (κ1) is 16.3. The molecule has 0 aliphatic heterocycles. The molecule has 4 heteroatoms. The van der Waals surface area contributed by atoms with Crippen LogP contribution in [0.5, 0.6) is 0 Å². The molecule has 1 aromatic carbocycles. The van der Waals surface area contributed by atoms with Gasteiger partial charge in [-0.2, -0.15) is 0 Å². The average molecular weight is 299 g/mol. The van der Waals surface area contributed by atoms with Crippen molar-refractivity contribution in [2.45, 2.75) is 53.4 Å². The number of unbranched alkanes of at least 4 members (excludes halogenated alkanes) is 2. The normalized spacial score (nSPS) is 10.7. The molecule has 0 unspecified atom stereocenters. The Morgan fingerprint density at radius 1 is 1.18 bits per heavy atom. The number of hydrogen-bond acceptors (Lipinski definition) is 3. The van der Waals surface area contributed by atoms with E-state index in [4.69, 9.17) is 0 Å². The van der Waals surface area contributed by atoms with Crippen LogP contribution >= 0.6 is 0 Å². The lowest BCUT2D eigenvalue weighted by atomic mass is 10.1. The van der Waals surface area contributed by atoms with E-state index in [1.165, 1.54) is 5.56 Å². The largest absolute Gasteiger partial charge is 0.325 e. The van der Waals surface area contributed by atoms with E-state index in [1.54, 1.807) is 0 Å². The zero-order valence-corrected chi connectivity index (χ0v) is 13.9. The monoisotopic (exact) mass is 299 g/mol. The van der Waals surface area contributed by atoms with Crippen molar-refractivity contribution in [3.05, 3.63) is 50.9 Å². The molecule has 0 fully saturated rings. The quantitative estimate of drug-likeness (QED) is 0.787. The number of aromatic amines is 1. The highest BCUT2D eigenvalue weighted by Crippen LogP contribution is 2.19. The molecule has 0 spiro atoms. The number of H-pyrrole nitrogens is 1. The minimum Gasteiger partial charge on any atom is -0.325 e. The van der Waals surface area contributed by atoms with Gasteiger partial charge in [0.15, 0.2) is 0 Å². The van der Waals surface area contributed by atoms with E-state index in [0.717, 1.165) is 48.2 Å². The molecule has 1 heterocycles. The fourth-order valence-electron chi connectivity index (χ4n) is 2.60. The molecule has 0 saturated carbocycles. The molecule has 0 bridgehead atoms. The predicted octanol–water partition coefficient (Wildman–Crippen LogP) is 4.17. The van der Waals surface area contributed by atoms with Crippen molar-refractivity contribution in [3.63, 3.8) is 0 Å². The molecule has 4 nitrogen and oxygen atoms in total. The third-order valence-electron chi connectivity index (χ3n) is 3.89. The second kappa shape index (κ2) is 7.25. The Balaban J connectivity index is 2.21. The van der Waals surface area contributed by atoms with Crippen LogP contribution in [0.1, 0.15) is 48.6 Å². The molecular formula is C18H25N3O. The molecule has 22 heavy (non-hydrogen) atoms. The van der Waals surface area contributed by atoms with E-state index >= 15 is 0 Å². The number of nitrogens with one attached hydrogen (secondary N) is 2. The first-order valence-electron chi connectivity index (χ1n) is 7.95. The Kier molecular flexibility index (Phi) is 5.36. The molecule has 2 rings (SSSR count). The fraction of sp³-hybridized carbons (Fsp3) is 0.444. The van der Waals surface area contributed by atoms with E-state index < -0.39 is 0 Å². The van der Waals surface area contributed by atoms with E-state index in [9.17, 15) is 4.79 Å². The van der Waals surface area contributed by atoms with Crippen molar-refractivity contribution in [3.8, 4) is 0 Å². The highest BCUT2D eigenvalue weighted by molar-refractivity contribution is 5.58. The molecule has 118 valence electrons. The van der Waals surface area contributed by atoms with Gasteiger partial charge in [0.1, 0.15) is 0 Å². The minimum atomic E-state index is -0.0316. The smallest absolute Gasteiger partial charge is 0.255 e. The van der Waals surface area contributed by atoms with Gasteiger partial charge in [-0.3, -0.25) is 9.78 Å². The lowest BCUT2D eigenvalue weighted by molar-refractivity contribution is 0.707. The third-order valence-corrected chi connectivity index (χ3v) is 3.89. The molecule has 0 aliphatic carbocycles. The summed E-state index contributed by atoms with van der Waals surface area (Å²) in [4.78, 5) is 19.6. The summed E-state index contributed by atoms with van der Waals surface area (Å²) in [5, 5.41) is 3.21. The van der Waals surface area contributed by atoms with Crippen molar-refractivity contribution in [2.75, 3.05) is 5.32 Å². The van der Waals surface area contributed by atoms with Crippen molar-refractivity contribution < 1.29 is 0 Å². The van der Waals surface area contributed by atoms with Gasteiger partial charge >= 0.3 is 0 Å². The van der Waals surface area contributed by atoms with Gasteiger partial charge in [0.05, 0.1) is 0 Å². The van der Waals surface area contributed by atoms with Crippen molar-refractivity contribution in [1.29, 1.82) is 0 Å². The highest BCUT2D eigenvalue weighted by Gasteiger charge is 2.09. The van der Waals surface area contributed by atoms with Crippen molar-refractivity contribution in [2.24, 2.45) is 0 Å². The Morgan fingerprint density at radius 2 is 1.95 bits per heavy atom. The Morgan fingerprint density at radius 3 is 2.59 bits per heavy atom. The standard InChI is InChI=1S/C18H25N3O/c1-5-6-7-8-15-14(4)19-18(21-17(15)22)20-16-10-9-12(2)11-13(16)3/h9-11H,5-8H2,1-4H3,(H2,19,20,21,22). The van der Waals surface area contributed by atoms with Gasteiger partial charge in [-0.25, -0.2) is 4.98 Å². The van der Waals surface area contributed by atoms with E-state index in [2.05, 4.69) is 35.2 Å². The van der Waals surface area contributed by atoms with Gasteiger partial charge < -0.3 is 5.32 Å². The molecule has 2 aromatic rings. The minimum absolute atomic E-state index is 0.0316. The van der Waals surface area contributed by atoms with Crippen LogP contribution in [0.2, 0.25) is 0 Å². The van der Waals surface area contributed by atoms with Crippen LogP contribution in [-0.4, -0.2) is 9.97 Å². The SMILES string of the molecule is CCCCCc1c(C)nc(Nc2ccc(C)cc2C)[nH]c1=O. The predicted molar refractivity (Wildman–Crippen MR) is 92.0 cm³/mol. The van der Waals surface area contributed by atoms with Gasteiger partial charge in [0, 0.05) is 16.9 Å². The van der Waals surface area contributed by atoms with Gasteiger partial charge in [-0.1, -0.05) is 37.5 Å². The zero-order valence-electron chi connectivity index (χ0n) is 13.9. The first-order chi connectivity index (χ1) is 10.5. The van der Waals surface area contributed by atoms with Crippen LogP contribution < -0.4 is 10.9 Å².